The predicted molar refractivity (Wildman–Crippen MR) is 78.0 cm³/mol. The van der Waals surface area contributed by atoms with Crippen LogP contribution in [0.5, 0.6) is 0 Å². The lowest BCUT2D eigenvalue weighted by Gasteiger charge is -2.29. The summed E-state index contributed by atoms with van der Waals surface area (Å²) in [5.74, 6) is 0.683. The molecule has 0 heterocycles. The number of hydrogen-bond acceptors (Lipinski definition) is 1. The highest BCUT2D eigenvalue weighted by Crippen LogP contribution is 2.24. The molecule has 1 aliphatic carbocycles. The molecule has 0 radical (unpaired) electrons. The molecule has 1 amide bonds. The summed E-state index contributed by atoms with van der Waals surface area (Å²) in [6.07, 6.45) is 4.89. The van der Waals surface area contributed by atoms with Gasteiger partial charge in [-0.3, -0.25) is 4.79 Å². The van der Waals surface area contributed by atoms with Gasteiger partial charge in [-0.05, 0) is 53.5 Å². The molecular formula is C14H18INO. The second-order valence-electron chi connectivity index (χ2n) is 4.82. The first-order valence-electron chi connectivity index (χ1n) is 6.24. The number of carbonyl (C=O) groups is 1. The molecule has 0 aromatic heterocycles. The van der Waals surface area contributed by atoms with Crippen molar-refractivity contribution in [2.45, 2.75) is 38.6 Å². The molecule has 2 rings (SSSR count). The number of nitrogens with one attached hydrogen (secondary N) is 1. The number of benzene rings is 1. The van der Waals surface area contributed by atoms with Crippen LogP contribution in [0.3, 0.4) is 0 Å². The zero-order valence-electron chi connectivity index (χ0n) is 10.1. The maximum atomic E-state index is 12.2. The summed E-state index contributed by atoms with van der Waals surface area (Å²) in [6, 6.07) is 8.10. The van der Waals surface area contributed by atoms with Gasteiger partial charge in [-0.25, -0.2) is 0 Å². The highest BCUT2D eigenvalue weighted by atomic mass is 127. The molecule has 1 aliphatic rings. The first-order chi connectivity index (χ1) is 8.18. The summed E-state index contributed by atoms with van der Waals surface area (Å²) in [5.41, 5.74) is 0.797. The van der Waals surface area contributed by atoms with Gasteiger partial charge in [-0.1, -0.05) is 31.9 Å². The molecule has 2 nitrogen and oxygen atoms in total. The Kier molecular flexibility index (Phi) is 4.42. The Morgan fingerprint density at radius 2 is 2.00 bits per heavy atom. The number of hydrogen-bond donors (Lipinski definition) is 1. The van der Waals surface area contributed by atoms with Crippen molar-refractivity contribution < 1.29 is 4.79 Å². The van der Waals surface area contributed by atoms with E-state index in [1.807, 2.05) is 24.3 Å². The van der Waals surface area contributed by atoms with Crippen LogP contribution in [0.25, 0.3) is 0 Å². The first-order valence-corrected chi connectivity index (χ1v) is 7.32. The molecule has 92 valence electrons. The van der Waals surface area contributed by atoms with Crippen molar-refractivity contribution in [2.24, 2.45) is 5.92 Å². The molecule has 0 spiro atoms. The quantitative estimate of drug-likeness (QED) is 0.817. The maximum Gasteiger partial charge on any atom is 0.252 e. The van der Waals surface area contributed by atoms with Gasteiger partial charge >= 0.3 is 0 Å². The Balaban J connectivity index is 2.04. The lowest BCUT2D eigenvalue weighted by Crippen LogP contribution is -2.41. The second-order valence-corrected chi connectivity index (χ2v) is 5.98. The minimum absolute atomic E-state index is 0.0775. The summed E-state index contributed by atoms with van der Waals surface area (Å²) in [6.45, 7) is 2.24. The van der Waals surface area contributed by atoms with Gasteiger partial charge < -0.3 is 5.32 Å². The fraction of sp³-hybridized carbons (Fsp3) is 0.500. The van der Waals surface area contributed by atoms with E-state index in [1.54, 1.807) is 0 Å². The lowest BCUT2D eigenvalue weighted by atomic mass is 9.86. The van der Waals surface area contributed by atoms with Gasteiger partial charge in [0.25, 0.3) is 5.91 Å². The van der Waals surface area contributed by atoms with Gasteiger partial charge in [-0.15, -0.1) is 0 Å². The van der Waals surface area contributed by atoms with Crippen LogP contribution in [0.15, 0.2) is 24.3 Å². The SMILES string of the molecule is CC1CCCCC1NC(=O)c1ccccc1I. The molecule has 0 bridgehead atoms. The molecule has 0 saturated heterocycles. The highest BCUT2D eigenvalue weighted by molar-refractivity contribution is 14.1. The van der Waals surface area contributed by atoms with Crippen LogP contribution in [0.1, 0.15) is 43.0 Å². The summed E-state index contributed by atoms with van der Waals surface area (Å²) >= 11 is 2.21. The van der Waals surface area contributed by atoms with Gasteiger partial charge in [0.15, 0.2) is 0 Å². The Hall–Kier alpha value is -0.580. The number of carbonyl (C=O) groups excluding carboxylic acids is 1. The molecule has 2 unspecified atom stereocenters. The molecule has 3 heteroatoms. The van der Waals surface area contributed by atoms with Crippen LogP contribution in [0.4, 0.5) is 0 Å². The maximum absolute atomic E-state index is 12.2. The molecular weight excluding hydrogens is 325 g/mol. The van der Waals surface area contributed by atoms with Gasteiger partial charge in [0.05, 0.1) is 5.56 Å². The highest BCUT2D eigenvalue weighted by Gasteiger charge is 2.23. The van der Waals surface area contributed by atoms with Gasteiger partial charge in [0.1, 0.15) is 0 Å². The number of rotatable bonds is 2. The molecule has 1 saturated carbocycles. The van der Waals surface area contributed by atoms with Gasteiger partial charge in [0.2, 0.25) is 0 Å². The molecule has 17 heavy (non-hydrogen) atoms. The fourth-order valence-electron chi connectivity index (χ4n) is 2.42. The molecule has 1 aromatic rings. The third kappa shape index (κ3) is 3.21. The van der Waals surface area contributed by atoms with E-state index in [2.05, 4.69) is 34.8 Å². The monoisotopic (exact) mass is 343 g/mol. The van der Waals surface area contributed by atoms with E-state index in [0.717, 1.165) is 15.6 Å². The molecule has 1 fully saturated rings. The van der Waals surface area contributed by atoms with Crippen molar-refractivity contribution in [1.29, 1.82) is 0 Å². The lowest BCUT2D eigenvalue weighted by molar-refractivity contribution is 0.0909. The Morgan fingerprint density at radius 1 is 1.29 bits per heavy atom. The minimum atomic E-state index is 0.0775. The summed E-state index contributed by atoms with van der Waals surface area (Å²) in [7, 11) is 0. The average molecular weight is 343 g/mol. The average Bonchev–Trinajstić information content (AvgIpc) is 2.32. The van der Waals surface area contributed by atoms with Gasteiger partial charge in [-0.2, -0.15) is 0 Å². The topological polar surface area (TPSA) is 29.1 Å². The van der Waals surface area contributed by atoms with Gasteiger partial charge in [0, 0.05) is 9.61 Å². The fourth-order valence-corrected chi connectivity index (χ4v) is 3.05. The van der Waals surface area contributed by atoms with Crippen molar-refractivity contribution in [3.63, 3.8) is 0 Å². The van der Waals surface area contributed by atoms with Crippen LogP contribution < -0.4 is 5.32 Å². The Labute approximate surface area is 116 Å². The van der Waals surface area contributed by atoms with Crippen LogP contribution in [-0.4, -0.2) is 11.9 Å². The van der Waals surface area contributed by atoms with Crippen molar-refractivity contribution in [1.82, 2.24) is 5.32 Å². The molecule has 1 N–H and O–H groups in total. The minimum Gasteiger partial charge on any atom is -0.349 e. The zero-order chi connectivity index (χ0) is 12.3. The third-order valence-corrected chi connectivity index (χ3v) is 4.49. The van der Waals surface area contributed by atoms with Crippen molar-refractivity contribution in [3.05, 3.63) is 33.4 Å². The van der Waals surface area contributed by atoms with E-state index in [4.69, 9.17) is 0 Å². The van der Waals surface area contributed by atoms with Crippen LogP contribution >= 0.6 is 22.6 Å². The summed E-state index contributed by atoms with van der Waals surface area (Å²) in [5, 5.41) is 3.18. The van der Waals surface area contributed by atoms with Crippen molar-refractivity contribution in [3.8, 4) is 0 Å². The van der Waals surface area contributed by atoms with E-state index in [0.29, 0.717) is 12.0 Å². The van der Waals surface area contributed by atoms with Crippen molar-refractivity contribution >= 4 is 28.5 Å². The largest absolute Gasteiger partial charge is 0.349 e. The molecule has 0 aliphatic heterocycles. The molecule has 1 aromatic carbocycles. The van der Waals surface area contributed by atoms with Crippen molar-refractivity contribution in [2.75, 3.05) is 0 Å². The second kappa shape index (κ2) is 5.85. The zero-order valence-corrected chi connectivity index (χ0v) is 12.2. The smallest absolute Gasteiger partial charge is 0.252 e. The number of amides is 1. The number of halogens is 1. The van der Waals surface area contributed by atoms with E-state index in [1.165, 1.54) is 19.3 Å². The van der Waals surface area contributed by atoms with E-state index >= 15 is 0 Å². The van der Waals surface area contributed by atoms with E-state index < -0.39 is 0 Å². The predicted octanol–water partition coefficient (Wildman–Crippen LogP) is 3.60. The Bertz CT molecular complexity index is 405. The Morgan fingerprint density at radius 3 is 2.71 bits per heavy atom. The van der Waals surface area contributed by atoms with E-state index in [-0.39, 0.29) is 5.91 Å². The normalized spacial score (nSPS) is 24.4. The first kappa shape index (κ1) is 12.9. The molecule has 2 atom stereocenters. The standard InChI is InChI=1S/C14H18INO/c1-10-6-2-5-9-13(10)16-14(17)11-7-3-4-8-12(11)15/h3-4,7-8,10,13H,2,5-6,9H2,1H3,(H,16,17). The summed E-state index contributed by atoms with van der Waals surface area (Å²) in [4.78, 5) is 12.2. The van der Waals surface area contributed by atoms with Crippen LogP contribution in [-0.2, 0) is 0 Å². The third-order valence-electron chi connectivity index (χ3n) is 3.55. The van der Waals surface area contributed by atoms with Crippen LogP contribution in [0, 0.1) is 9.49 Å². The summed E-state index contributed by atoms with van der Waals surface area (Å²) < 4.78 is 1.02. The van der Waals surface area contributed by atoms with E-state index in [9.17, 15) is 4.79 Å². The van der Waals surface area contributed by atoms with Crippen LogP contribution in [0.2, 0.25) is 0 Å².